The lowest BCUT2D eigenvalue weighted by Gasteiger charge is -2.08. The Morgan fingerprint density at radius 3 is 2.57 bits per heavy atom. The quantitative estimate of drug-likeness (QED) is 0.283. The molecule has 116 valence electrons. The molecule has 0 aromatic heterocycles. The Hall–Kier alpha value is -2.27. The van der Waals surface area contributed by atoms with E-state index >= 15 is 0 Å². The molecule has 5 N–H and O–H groups in total. The first kappa shape index (κ1) is 16.8. The van der Waals surface area contributed by atoms with Crippen molar-refractivity contribution in [3.8, 4) is 0 Å². The largest absolute Gasteiger partial charge is 0.392 e. The fourth-order valence-electron chi connectivity index (χ4n) is 1.54. The van der Waals surface area contributed by atoms with E-state index in [1.807, 2.05) is 0 Å². The highest BCUT2D eigenvalue weighted by Crippen LogP contribution is 2.27. The summed E-state index contributed by atoms with van der Waals surface area (Å²) in [6.45, 7) is -0.100. The number of amides is 1. The van der Waals surface area contributed by atoms with Crippen LogP contribution < -0.4 is 16.2 Å². The fourth-order valence-corrected chi connectivity index (χ4v) is 2.08. The number of nitrogen functional groups attached to an aromatic ring is 1. The predicted octanol–water partition coefficient (Wildman–Crippen LogP) is -0.275. The number of primary sulfonamides is 1. The van der Waals surface area contributed by atoms with Crippen LogP contribution in [0, 0.1) is 15.9 Å². The average molecular weight is 320 g/mol. The van der Waals surface area contributed by atoms with Crippen LogP contribution >= 0.6 is 0 Å². The minimum Gasteiger partial charge on any atom is -0.392 e. The van der Waals surface area contributed by atoms with Crippen LogP contribution in [0.4, 0.5) is 15.8 Å². The zero-order chi connectivity index (χ0) is 16.2. The van der Waals surface area contributed by atoms with E-state index in [1.54, 1.807) is 0 Å². The molecule has 0 aliphatic heterocycles. The minimum atomic E-state index is -3.66. The Morgan fingerprint density at radius 1 is 1.43 bits per heavy atom. The standard InChI is InChI=1S/C10H13FN4O5S/c11-6-2-3-7(15(17)18)9(12)8(6)10(16)14-4-1-5-21(13,19)20/h2-3H,1,4-5,12H2,(H,14,16)(H2,13,19,20). The summed E-state index contributed by atoms with van der Waals surface area (Å²) < 4.78 is 34.9. The number of nitrogens with two attached hydrogens (primary N) is 2. The van der Waals surface area contributed by atoms with E-state index < -0.39 is 43.6 Å². The minimum absolute atomic E-state index is 0.0149. The molecular weight excluding hydrogens is 307 g/mol. The van der Waals surface area contributed by atoms with E-state index in [4.69, 9.17) is 10.9 Å². The van der Waals surface area contributed by atoms with Gasteiger partial charge in [-0.3, -0.25) is 14.9 Å². The van der Waals surface area contributed by atoms with Crippen molar-refractivity contribution in [3.63, 3.8) is 0 Å². The van der Waals surface area contributed by atoms with Crippen LogP contribution in [-0.2, 0) is 10.0 Å². The third-order valence-electron chi connectivity index (χ3n) is 2.49. The molecule has 0 heterocycles. The number of nitro groups is 1. The lowest BCUT2D eigenvalue weighted by molar-refractivity contribution is -0.384. The second kappa shape index (κ2) is 6.45. The number of rotatable bonds is 6. The summed E-state index contributed by atoms with van der Waals surface area (Å²) in [6.07, 6.45) is 0.0149. The van der Waals surface area contributed by atoms with Crippen molar-refractivity contribution in [2.45, 2.75) is 6.42 Å². The lowest BCUT2D eigenvalue weighted by Crippen LogP contribution is -2.28. The van der Waals surface area contributed by atoms with Gasteiger partial charge >= 0.3 is 0 Å². The first-order chi connectivity index (χ1) is 9.63. The SMILES string of the molecule is Nc1c([N+](=O)[O-])ccc(F)c1C(=O)NCCCS(N)(=O)=O. The number of nitrogens with one attached hydrogen (secondary N) is 1. The van der Waals surface area contributed by atoms with Crippen LogP contribution in [-0.4, -0.2) is 31.5 Å². The van der Waals surface area contributed by atoms with Crippen LogP contribution in [0.2, 0.25) is 0 Å². The van der Waals surface area contributed by atoms with Gasteiger partial charge in [0.25, 0.3) is 11.6 Å². The molecule has 0 aliphatic rings. The number of carbonyl (C=O) groups is 1. The second-order valence-electron chi connectivity index (χ2n) is 4.09. The number of hydrogen-bond donors (Lipinski definition) is 3. The Labute approximate surface area is 119 Å². The number of benzene rings is 1. The van der Waals surface area contributed by atoms with Gasteiger partial charge in [-0.05, 0) is 12.5 Å². The molecule has 1 aromatic carbocycles. The summed E-state index contributed by atoms with van der Waals surface area (Å²) in [7, 11) is -3.66. The average Bonchev–Trinajstić information content (AvgIpc) is 2.33. The van der Waals surface area contributed by atoms with E-state index in [-0.39, 0.29) is 18.7 Å². The van der Waals surface area contributed by atoms with Gasteiger partial charge in [0, 0.05) is 12.6 Å². The van der Waals surface area contributed by atoms with Gasteiger partial charge < -0.3 is 11.1 Å². The number of halogens is 1. The maximum absolute atomic E-state index is 13.6. The lowest BCUT2D eigenvalue weighted by atomic mass is 10.1. The summed E-state index contributed by atoms with van der Waals surface area (Å²) in [5, 5.41) is 17.7. The normalized spacial score (nSPS) is 11.1. The number of anilines is 1. The van der Waals surface area contributed by atoms with Gasteiger partial charge in [0.05, 0.1) is 10.7 Å². The second-order valence-corrected chi connectivity index (χ2v) is 5.82. The fraction of sp³-hybridized carbons (Fsp3) is 0.300. The maximum atomic E-state index is 13.6. The topological polar surface area (TPSA) is 158 Å². The molecule has 1 amide bonds. The van der Waals surface area contributed by atoms with Crippen molar-refractivity contribution in [1.29, 1.82) is 0 Å². The summed E-state index contributed by atoms with van der Waals surface area (Å²) >= 11 is 0. The van der Waals surface area contributed by atoms with E-state index in [0.717, 1.165) is 12.1 Å². The van der Waals surface area contributed by atoms with Crippen molar-refractivity contribution in [3.05, 3.63) is 33.6 Å². The third-order valence-corrected chi connectivity index (χ3v) is 3.34. The van der Waals surface area contributed by atoms with Gasteiger partial charge in [0.15, 0.2) is 0 Å². The monoisotopic (exact) mass is 320 g/mol. The summed E-state index contributed by atoms with van der Waals surface area (Å²) in [6, 6.07) is 1.61. The van der Waals surface area contributed by atoms with Gasteiger partial charge in [-0.15, -0.1) is 0 Å². The van der Waals surface area contributed by atoms with Crippen LogP contribution in [0.15, 0.2) is 12.1 Å². The van der Waals surface area contributed by atoms with E-state index in [0.29, 0.717) is 0 Å². The summed E-state index contributed by atoms with van der Waals surface area (Å²) in [5.41, 5.74) is 3.56. The van der Waals surface area contributed by atoms with Gasteiger partial charge in [0.2, 0.25) is 10.0 Å². The Kier molecular flexibility index (Phi) is 5.16. The molecular formula is C10H13FN4O5S. The molecule has 1 aromatic rings. The number of nitrogens with zero attached hydrogens (tertiary/aromatic N) is 1. The van der Waals surface area contributed by atoms with Gasteiger partial charge in [-0.2, -0.15) is 0 Å². The molecule has 0 saturated carbocycles. The summed E-state index contributed by atoms with van der Waals surface area (Å²) in [4.78, 5) is 21.6. The molecule has 9 nitrogen and oxygen atoms in total. The van der Waals surface area contributed by atoms with Gasteiger partial charge in [-0.25, -0.2) is 17.9 Å². The van der Waals surface area contributed by atoms with E-state index in [9.17, 15) is 27.7 Å². The van der Waals surface area contributed by atoms with Crippen molar-refractivity contribution in [2.75, 3.05) is 18.0 Å². The highest BCUT2D eigenvalue weighted by molar-refractivity contribution is 7.89. The number of sulfonamides is 1. The number of carbonyl (C=O) groups excluding carboxylic acids is 1. The Bertz CT molecular complexity index is 676. The number of nitro benzene ring substituents is 1. The molecule has 11 heteroatoms. The van der Waals surface area contributed by atoms with Gasteiger partial charge in [0.1, 0.15) is 17.1 Å². The first-order valence-corrected chi connectivity index (χ1v) is 7.36. The van der Waals surface area contributed by atoms with Crippen LogP contribution in [0.25, 0.3) is 0 Å². The highest BCUT2D eigenvalue weighted by atomic mass is 32.2. The number of hydrogen-bond acceptors (Lipinski definition) is 6. The van der Waals surface area contributed by atoms with E-state index in [1.165, 1.54) is 0 Å². The zero-order valence-corrected chi connectivity index (χ0v) is 11.5. The molecule has 0 spiro atoms. The van der Waals surface area contributed by atoms with Crippen LogP contribution in [0.3, 0.4) is 0 Å². The molecule has 0 radical (unpaired) electrons. The zero-order valence-electron chi connectivity index (χ0n) is 10.7. The smallest absolute Gasteiger partial charge is 0.293 e. The molecule has 0 unspecified atom stereocenters. The third kappa shape index (κ3) is 4.65. The molecule has 0 aliphatic carbocycles. The van der Waals surface area contributed by atoms with Gasteiger partial charge in [-0.1, -0.05) is 0 Å². The van der Waals surface area contributed by atoms with Crippen molar-refractivity contribution in [1.82, 2.24) is 5.32 Å². The maximum Gasteiger partial charge on any atom is 0.293 e. The Balaban J connectivity index is 2.83. The van der Waals surface area contributed by atoms with E-state index in [2.05, 4.69) is 5.32 Å². The molecule has 21 heavy (non-hydrogen) atoms. The van der Waals surface area contributed by atoms with Crippen molar-refractivity contribution in [2.24, 2.45) is 5.14 Å². The Morgan fingerprint density at radius 2 is 2.05 bits per heavy atom. The predicted molar refractivity (Wildman–Crippen MR) is 72.4 cm³/mol. The molecule has 1 rings (SSSR count). The molecule has 0 bridgehead atoms. The molecule has 0 saturated heterocycles. The highest BCUT2D eigenvalue weighted by Gasteiger charge is 2.23. The molecule has 0 fully saturated rings. The van der Waals surface area contributed by atoms with Crippen molar-refractivity contribution < 1.29 is 22.5 Å². The van der Waals surface area contributed by atoms with Crippen LogP contribution in [0.1, 0.15) is 16.8 Å². The first-order valence-electron chi connectivity index (χ1n) is 5.64. The van der Waals surface area contributed by atoms with Crippen molar-refractivity contribution >= 4 is 27.3 Å². The molecule has 0 atom stereocenters. The summed E-state index contributed by atoms with van der Waals surface area (Å²) in [5.74, 6) is -2.34. The van der Waals surface area contributed by atoms with Crippen LogP contribution in [0.5, 0.6) is 0 Å².